The lowest BCUT2D eigenvalue weighted by molar-refractivity contribution is -0.465. The molecule has 0 saturated carbocycles. The molecule has 0 aliphatic rings. The summed E-state index contributed by atoms with van der Waals surface area (Å²) in [6.45, 7) is 2.16. The molecule has 1 aromatic carbocycles. The Bertz CT molecular complexity index is 162. The van der Waals surface area contributed by atoms with Crippen LogP contribution >= 0.6 is 0 Å². The zero-order chi connectivity index (χ0) is 8.53. The molecule has 62 valence electrons. The molecule has 0 atom stereocenters. The van der Waals surface area contributed by atoms with Gasteiger partial charge in [-0.1, -0.05) is 42.3 Å². The van der Waals surface area contributed by atoms with Gasteiger partial charge in [0.05, 0.1) is 0 Å². The van der Waals surface area contributed by atoms with E-state index in [2.05, 4.69) is 36.2 Å². The molecule has 0 aliphatic heterocycles. The molecule has 0 aliphatic carbocycles. The Morgan fingerprint density at radius 2 is 1.64 bits per heavy atom. The maximum Gasteiger partial charge on any atom is -0.0307 e. The van der Waals surface area contributed by atoms with Gasteiger partial charge in [0, 0.05) is 0 Å². The van der Waals surface area contributed by atoms with Crippen molar-refractivity contribution in [2.75, 3.05) is 0 Å². The van der Waals surface area contributed by atoms with Gasteiger partial charge in [0.1, 0.15) is 0 Å². The van der Waals surface area contributed by atoms with E-state index in [4.69, 9.17) is 10.5 Å². The fraction of sp³-hybridized carbons (Fsp3) is 0.250. The van der Waals surface area contributed by atoms with E-state index in [1.807, 2.05) is 6.07 Å². The third-order valence-electron chi connectivity index (χ3n) is 1.25. The molecule has 1 rings (SSSR count). The molecular formula is C8H12O3. The summed E-state index contributed by atoms with van der Waals surface area (Å²) in [5.41, 5.74) is 1.41. The van der Waals surface area contributed by atoms with Crippen LogP contribution in [0.5, 0.6) is 0 Å². The van der Waals surface area contributed by atoms with Gasteiger partial charge >= 0.3 is 0 Å². The second kappa shape index (κ2) is 7.21. The molecule has 2 N–H and O–H groups in total. The van der Waals surface area contributed by atoms with Crippen LogP contribution in [0.1, 0.15) is 12.5 Å². The van der Waals surface area contributed by atoms with Gasteiger partial charge in [-0.3, -0.25) is 0 Å². The van der Waals surface area contributed by atoms with Gasteiger partial charge in [-0.2, -0.15) is 0 Å². The maximum absolute atomic E-state index is 6.62. The lowest BCUT2D eigenvalue weighted by Crippen LogP contribution is -1.73. The van der Waals surface area contributed by atoms with Crippen molar-refractivity contribution in [3.63, 3.8) is 0 Å². The van der Waals surface area contributed by atoms with Crippen LogP contribution in [0.25, 0.3) is 0 Å². The van der Waals surface area contributed by atoms with Crippen LogP contribution in [0.3, 0.4) is 0 Å². The van der Waals surface area contributed by atoms with Crippen molar-refractivity contribution < 1.29 is 15.6 Å². The minimum absolute atomic E-state index is 1.14. The molecule has 0 bridgehead atoms. The van der Waals surface area contributed by atoms with Gasteiger partial charge in [0.25, 0.3) is 0 Å². The van der Waals surface area contributed by atoms with Crippen molar-refractivity contribution >= 4 is 0 Å². The molecule has 0 amide bonds. The van der Waals surface area contributed by atoms with Crippen LogP contribution < -0.4 is 0 Å². The van der Waals surface area contributed by atoms with Crippen LogP contribution in [0, 0.1) is 0 Å². The number of rotatable bonds is 1. The highest BCUT2D eigenvalue weighted by atomic mass is 17.4. The second-order valence-electron chi connectivity index (χ2n) is 1.92. The summed E-state index contributed by atoms with van der Waals surface area (Å²) in [5, 5.41) is 15.5. The topological polar surface area (TPSA) is 49.7 Å². The molecule has 0 radical (unpaired) electrons. The van der Waals surface area contributed by atoms with Gasteiger partial charge in [0.15, 0.2) is 0 Å². The summed E-state index contributed by atoms with van der Waals surface area (Å²) in [7, 11) is 0. The number of hydrogen-bond acceptors (Lipinski definition) is 3. The monoisotopic (exact) mass is 156 g/mol. The van der Waals surface area contributed by atoms with E-state index in [0.717, 1.165) is 6.42 Å². The quantitative estimate of drug-likeness (QED) is 0.484. The lowest BCUT2D eigenvalue weighted by atomic mass is 10.2. The molecule has 0 spiro atoms. The normalized spacial score (nSPS) is 8.27. The van der Waals surface area contributed by atoms with Crippen molar-refractivity contribution in [3.8, 4) is 0 Å². The average Bonchev–Trinajstić information content (AvgIpc) is 2.08. The highest BCUT2D eigenvalue weighted by molar-refractivity contribution is 5.13. The fourth-order valence-corrected chi connectivity index (χ4v) is 0.714. The third-order valence-corrected chi connectivity index (χ3v) is 1.25. The first-order valence-corrected chi connectivity index (χ1v) is 3.34. The molecule has 1 aromatic rings. The van der Waals surface area contributed by atoms with E-state index in [1.54, 1.807) is 0 Å². The van der Waals surface area contributed by atoms with Crippen molar-refractivity contribution in [1.82, 2.24) is 0 Å². The number of hydrogen-bond donors (Lipinski definition) is 2. The van der Waals surface area contributed by atoms with E-state index in [1.165, 1.54) is 5.56 Å². The van der Waals surface area contributed by atoms with Crippen molar-refractivity contribution in [2.45, 2.75) is 13.3 Å². The number of benzene rings is 1. The smallest absolute Gasteiger partial charge is 0.0307 e. The van der Waals surface area contributed by atoms with Crippen LogP contribution in [0.4, 0.5) is 0 Å². The predicted octanol–water partition coefficient (Wildman–Crippen LogP) is 2.20. The van der Waals surface area contributed by atoms with Crippen molar-refractivity contribution in [1.29, 1.82) is 0 Å². The molecule has 0 fully saturated rings. The lowest BCUT2D eigenvalue weighted by Gasteiger charge is -1.89. The molecule has 3 heteroatoms. The SMILES string of the molecule is CCc1ccccc1.OOO. The Balaban J connectivity index is 0.000000292. The first kappa shape index (κ1) is 10.1. The molecular weight excluding hydrogens is 144 g/mol. The molecule has 0 heterocycles. The van der Waals surface area contributed by atoms with E-state index in [-0.39, 0.29) is 0 Å². The predicted molar refractivity (Wildman–Crippen MR) is 42.2 cm³/mol. The van der Waals surface area contributed by atoms with E-state index >= 15 is 0 Å². The summed E-state index contributed by atoms with van der Waals surface area (Å²) in [5.74, 6) is 0. The van der Waals surface area contributed by atoms with Crippen LogP contribution in [0.15, 0.2) is 30.3 Å². The molecule has 11 heavy (non-hydrogen) atoms. The Kier molecular flexibility index (Phi) is 6.62. The zero-order valence-electron chi connectivity index (χ0n) is 6.40. The Morgan fingerprint density at radius 1 is 1.18 bits per heavy atom. The Labute approximate surface area is 65.7 Å². The van der Waals surface area contributed by atoms with Gasteiger partial charge in [-0.25, -0.2) is 10.5 Å². The highest BCUT2D eigenvalue weighted by Crippen LogP contribution is 1.96. The van der Waals surface area contributed by atoms with Crippen molar-refractivity contribution in [3.05, 3.63) is 35.9 Å². The van der Waals surface area contributed by atoms with Gasteiger partial charge in [-0.15, -0.1) is 0 Å². The van der Waals surface area contributed by atoms with Gasteiger partial charge in [-0.05, 0) is 12.0 Å². The fourth-order valence-electron chi connectivity index (χ4n) is 0.714. The minimum Gasteiger partial charge on any atom is -0.221 e. The summed E-state index contributed by atoms with van der Waals surface area (Å²) >= 11 is 0. The zero-order valence-corrected chi connectivity index (χ0v) is 6.40. The van der Waals surface area contributed by atoms with Crippen molar-refractivity contribution in [2.24, 2.45) is 0 Å². The minimum atomic E-state index is 1.14. The number of aryl methyl sites for hydroxylation is 1. The summed E-state index contributed by atoms with van der Waals surface area (Å²) in [6.07, 6.45) is 1.14. The van der Waals surface area contributed by atoms with E-state index in [9.17, 15) is 0 Å². The van der Waals surface area contributed by atoms with Crippen LogP contribution in [0.2, 0.25) is 0 Å². The first-order chi connectivity index (χ1) is 5.35. The van der Waals surface area contributed by atoms with Gasteiger partial charge < -0.3 is 0 Å². The summed E-state index contributed by atoms with van der Waals surface area (Å²) in [4.78, 5) is 0. The summed E-state index contributed by atoms with van der Waals surface area (Å²) < 4.78 is 0. The van der Waals surface area contributed by atoms with Crippen LogP contribution in [-0.2, 0) is 11.5 Å². The molecule has 0 aromatic heterocycles. The Hall–Kier alpha value is -0.900. The largest absolute Gasteiger partial charge is 0.221 e. The highest BCUT2D eigenvalue weighted by Gasteiger charge is 1.79. The summed E-state index contributed by atoms with van der Waals surface area (Å²) in [6, 6.07) is 10.5. The maximum atomic E-state index is 6.62. The Morgan fingerprint density at radius 3 is 1.91 bits per heavy atom. The van der Waals surface area contributed by atoms with E-state index in [0.29, 0.717) is 0 Å². The molecule has 0 unspecified atom stereocenters. The molecule has 3 nitrogen and oxygen atoms in total. The first-order valence-electron chi connectivity index (χ1n) is 3.34. The van der Waals surface area contributed by atoms with Gasteiger partial charge in [0.2, 0.25) is 0 Å². The second-order valence-corrected chi connectivity index (χ2v) is 1.92. The average molecular weight is 156 g/mol. The standard InChI is InChI=1S/C8H10.H2O3/c1-2-8-6-4-3-5-7-8;1-3-2/h3-7H,2H2,1H3;1-2H. The molecule has 0 saturated heterocycles. The van der Waals surface area contributed by atoms with E-state index < -0.39 is 0 Å². The van der Waals surface area contributed by atoms with Crippen LogP contribution in [-0.4, -0.2) is 10.5 Å². The third kappa shape index (κ3) is 5.54.